The summed E-state index contributed by atoms with van der Waals surface area (Å²) in [6, 6.07) is 2.67. The molecular formula is C14H26N4O. The van der Waals surface area contributed by atoms with Gasteiger partial charge in [-0.3, -0.25) is 9.80 Å². The van der Waals surface area contributed by atoms with Crippen molar-refractivity contribution in [2.45, 2.75) is 31.8 Å². The summed E-state index contributed by atoms with van der Waals surface area (Å²) in [5.74, 6) is 0. The van der Waals surface area contributed by atoms with Gasteiger partial charge in [-0.25, -0.2) is 0 Å². The van der Waals surface area contributed by atoms with Crippen molar-refractivity contribution >= 4 is 0 Å². The Hall–Kier alpha value is -0.670. The molecule has 5 nitrogen and oxygen atoms in total. The van der Waals surface area contributed by atoms with Gasteiger partial charge < -0.3 is 10.1 Å². The molecule has 0 aromatic heterocycles. The van der Waals surface area contributed by atoms with Gasteiger partial charge in [0.2, 0.25) is 0 Å². The lowest BCUT2D eigenvalue weighted by molar-refractivity contribution is 0.00436. The third-order valence-corrected chi connectivity index (χ3v) is 4.24. The van der Waals surface area contributed by atoms with Crippen molar-refractivity contribution in [2.75, 3.05) is 52.5 Å². The van der Waals surface area contributed by atoms with E-state index in [0.717, 1.165) is 52.5 Å². The maximum Gasteiger partial charge on any atom is 0.0638 e. The van der Waals surface area contributed by atoms with Crippen molar-refractivity contribution in [1.29, 1.82) is 5.26 Å². The normalized spacial score (nSPS) is 29.0. The first kappa shape index (κ1) is 14.7. The molecule has 0 spiro atoms. The fraction of sp³-hybridized carbons (Fsp3) is 0.929. The van der Waals surface area contributed by atoms with E-state index in [1.165, 1.54) is 0 Å². The molecule has 0 saturated carbocycles. The molecule has 2 aliphatic rings. The third kappa shape index (κ3) is 3.90. The quantitative estimate of drug-likeness (QED) is 0.792. The lowest BCUT2D eigenvalue weighted by Gasteiger charge is -2.48. The molecule has 0 aromatic carbocycles. The number of hydrogen-bond donors (Lipinski definition) is 1. The maximum absolute atomic E-state index is 8.99. The zero-order valence-electron chi connectivity index (χ0n) is 12.2. The van der Waals surface area contributed by atoms with Gasteiger partial charge in [-0.15, -0.1) is 0 Å². The van der Waals surface area contributed by atoms with Crippen LogP contribution in [0.4, 0.5) is 0 Å². The average Bonchev–Trinajstić information content (AvgIpc) is 2.39. The predicted molar refractivity (Wildman–Crippen MR) is 74.9 cm³/mol. The second kappa shape index (κ2) is 6.67. The van der Waals surface area contributed by atoms with Gasteiger partial charge in [0, 0.05) is 50.8 Å². The molecule has 0 bridgehead atoms. The second-order valence-corrected chi connectivity index (χ2v) is 6.11. The summed E-state index contributed by atoms with van der Waals surface area (Å²) in [6.45, 7) is 12.4. The van der Waals surface area contributed by atoms with Gasteiger partial charge in [-0.2, -0.15) is 5.26 Å². The van der Waals surface area contributed by atoms with Gasteiger partial charge in [-0.1, -0.05) is 0 Å². The van der Waals surface area contributed by atoms with E-state index < -0.39 is 0 Å². The van der Waals surface area contributed by atoms with Crippen LogP contribution in [0.15, 0.2) is 0 Å². The molecule has 2 aliphatic heterocycles. The molecule has 5 heteroatoms. The Balaban J connectivity index is 1.90. The first-order valence-electron chi connectivity index (χ1n) is 7.28. The van der Waals surface area contributed by atoms with Gasteiger partial charge in [0.15, 0.2) is 0 Å². The fourth-order valence-corrected chi connectivity index (χ4v) is 3.10. The van der Waals surface area contributed by atoms with Crippen molar-refractivity contribution in [1.82, 2.24) is 15.1 Å². The zero-order chi connectivity index (χ0) is 13.7. The van der Waals surface area contributed by atoms with Crippen LogP contribution in [-0.4, -0.2) is 73.9 Å². The Kier molecular flexibility index (Phi) is 5.17. The summed E-state index contributed by atoms with van der Waals surface area (Å²) in [5.41, 5.74) is 0.131. The van der Waals surface area contributed by atoms with Crippen LogP contribution in [0, 0.1) is 11.3 Å². The summed E-state index contributed by atoms with van der Waals surface area (Å²) in [4.78, 5) is 4.98. The Bertz CT molecular complexity index is 320. The molecule has 2 heterocycles. The molecule has 1 atom stereocenters. The third-order valence-electron chi connectivity index (χ3n) is 4.24. The lowest BCUT2D eigenvalue weighted by Crippen LogP contribution is -2.64. The van der Waals surface area contributed by atoms with E-state index in [2.05, 4.69) is 35.0 Å². The molecule has 2 rings (SSSR count). The molecule has 0 amide bonds. The largest absolute Gasteiger partial charge is 0.379 e. The van der Waals surface area contributed by atoms with Gasteiger partial charge >= 0.3 is 0 Å². The highest BCUT2D eigenvalue weighted by Gasteiger charge is 2.35. The molecule has 0 aromatic rings. The minimum atomic E-state index is 0.131. The monoisotopic (exact) mass is 266 g/mol. The van der Waals surface area contributed by atoms with E-state index in [1.807, 2.05) is 0 Å². The first-order chi connectivity index (χ1) is 9.13. The van der Waals surface area contributed by atoms with Gasteiger partial charge in [-0.05, 0) is 13.8 Å². The number of hydrogen-bond acceptors (Lipinski definition) is 5. The van der Waals surface area contributed by atoms with Crippen molar-refractivity contribution in [2.24, 2.45) is 0 Å². The first-order valence-corrected chi connectivity index (χ1v) is 7.28. The molecule has 1 N–H and O–H groups in total. The molecule has 1 unspecified atom stereocenters. The van der Waals surface area contributed by atoms with Gasteiger partial charge in [0.1, 0.15) is 0 Å². The molecule has 0 radical (unpaired) electrons. The van der Waals surface area contributed by atoms with Crippen molar-refractivity contribution in [3.8, 4) is 6.07 Å². The highest BCUT2D eigenvalue weighted by molar-refractivity contribution is 4.97. The highest BCUT2D eigenvalue weighted by atomic mass is 16.5. The average molecular weight is 266 g/mol. The molecule has 0 aliphatic carbocycles. The highest BCUT2D eigenvalue weighted by Crippen LogP contribution is 2.22. The number of ether oxygens (including phenoxy) is 1. The van der Waals surface area contributed by atoms with Crippen molar-refractivity contribution in [3.63, 3.8) is 0 Å². The molecule has 19 heavy (non-hydrogen) atoms. The lowest BCUT2D eigenvalue weighted by atomic mass is 9.95. The Morgan fingerprint density at radius 2 is 2.05 bits per heavy atom. The number of nitrogens with zero attached hydrogens (tertiary/aromatic N) is 3. The fourth-order valence-electron chi connectivity index (χ4n) is 3.10. The van der Waals surface area contributed by atoms with E-state index in [1.54, 1.807) is 0 Å². The SMILES string of the molecule is CC1(C)CNCC(CC#N)N1CCN1CCOCC1. The Morgan fingerprint density at radius 1 is 1.32 bits per heavy atom. The standard InChI is InChI=1S/C14H26N4O/c1-14(2)12-16-11-13(3-4-15)18(14)6-5-17-7-9-19-10-8-17/h13,16H,3,5-12H2,1-2H3. The van der Waals surface area contributed by atoms with Crippen LogP contribution in [-0.2, 0) is 4.74 Å². The number of nitriles is 1. The van der Waals surface area contributed by atoms with Crippen LogP contribution in [0.1, 0.15) is 20.3 Å². The molecule has 2 fully saturated rings. The van der Waals surface area contributed by atoms with Gasteiger partial charge in [0.05, 0.1) is 25.7 Å². The molecule has 2 saturated heterocycles. The summed E-state index contributed by atoms with van der Waals surface area (Å²) in [5, 5.41) is 12.4. The second-order valence-electron chi connectivity index (χ2n) is 6.11. The summed E-state index contributed by atoms with van der Waals surface area (Å²) in [6.07, 6.45) is 0.611. The van der Waals surface area contributed by atoms with Crippen molar-refractivity contribution in [3.05, 3.63) is 0 Å². The van der Waals surface area contributed by atoms with Crippen LogP contribution in [0.3, 0.4) is 0 Å². The molecular weight excluding hydrogens is 240 g/mol. The van der Waals surface area contributed by atoms with E-state index in [4.69, 9.17) is 10.00 Å². The van der Waals surface area contributed by atoms with Crippen molar-refractivity contribution < 1.29 is 4.74 Å². The number of morpholine rings is 1. The maximum atomic E-state index is 8.99. The van der Waals surface area contributed by atoms with Crippen LogP contribution < -0.4 is 5.32 Å². The van der Waals surface area contributed by atoms with Crippen LogP contribution in [0.2, 0.25) is 0 Å². The Labute approximate surface area is 116 Å². The topological polar surface area (TPSA) is 51.5 Å². The smallest absolute Gasteiger partial charge is 0.0638 e. The predicted octanol–water partition coefficient (Wildman–Crippen LogP) is 0.285. The summed E-state index contributed by atoms with van der Waals surface area (Å²) in [7, 11) is 0. The van der Waals surface area contributed by atoms with E-state index >= 15 is 0 Å². The van der Waals surface area contributed by atoms with Crippen LogP contribution >= 0.6 is 0 Å². The van der Waals surface area contributed by atoms with Gasteiger partial charge in [0.25, 0.3) is 0 Å². The zero-order valence-corrected chi connectivity index (χ0v) is 12.2. The van der Waals surface area contributed by atoms with E-state index in [9.17, 15) is 0 Å². The minimum Gasteiger partial charge on any atom is -0.379 e. The minimum absolute atomic E-state index is 0.131. The van der Waals surface area contributed by atoms with Crippen LogP contribution in [0.25, 0.3) is 0 Å². The summed E-state index contributed by atoms with van der Waals surface area (Å²) >= 11 is 0. The Morgan fingerprint density at radius 3 is 2.74 bits per heavy atom. The number of piperazine rings is 1. The van der Waals surface area contributed by atoms with Crippen LogP contribution in [0.5, 0.6) is 0 Å². The summed E-state index contributed by atoms with van der Waals surface area (Å²) < 4.78 is 5.38. The number of nitrogens with one attached hydrogen (secondary N) is 1. The van der Waals surface area contributed by atoms with E-state index in [0.29, 0.717) is 12.5 Å². The van der Waals surface area contributed by atoms with E-state index in [-0.39, 0.29) is 5.54 Å². The number of rotatable bonds is 4. The molecule has 108 valence electrons.